The van der Waals surface area contributed by atoms with Gasteiger partial charge in [0.1, 0.15) is 0 Å². The highest BCUT2D eigenvalue weighted by Crippen LogP contribution is 2.30. The van der Waals surface area contributed by atoms with E-state index in [-0.39, 0.29) is 5.41 Å². The second-order valence-corrected chi connectivity index (χ2v) is 5.52. The molecule has 0 spiro atoms. The lowest BCUT2D eigenvalue weighted by atomic mass is 9.86. The number of fused-ring (bicyclic) bond motifs is 1. The number of hydrogen-bond acceptors (Lipinski definition) is 2. The molecular weight excluding hydrogens is 208 g/mol. The Labute approximate surface area is 104 Å². The second-order valence-electron chi connectivity index (χ2n) is 5.52. The van der Waals surface area contributed by atoms with E-state index < -0.39 is 0 Å². The van der Waals surface area contributed by atoms with Gasteiger partial charge in [-0.3, -0.25) is 0 Å². The molecule has 0 aliphatic heterocycles. The summed E-state index contributed by atoms with van der Waals surface area (Å²) in [5, 5.41) is 12.6. The Morgan fingerprint density at radius 2 is 2.18 bits per heavy atom. The summed E-state index contributed by atoms with van der Waals surface area (Å²) in [6.45, 7) is 4.71. The van der Waals surface area contributed by atoms with Gasteiger partial charge in [0.25, 0.3) is 0 Å². The average Bonchev–Trinajstić information content (AvgIpc) is 2.36. The van der Waals surface area contributed by atoms with Crippen LogP contribution in [0.2, 0.25) is 0 Å². The summed E-state index contributed by atoms with van der Waals surface area (Å²) in [6, 6.07) is 11.4. The van der Waals surface area contributed by atoms with Crippen molar-refractivity contribution in [3.05, 3.63) is 35.4 Å². The summed E-state index contributed by atoms with van der Waals surface area (Å²) in [4.78, 5) is 0. The zero-order valence-corrected chi connectivity index (χ0v) is 10.7. The van der Waals surface area contributed by atoms with Crippen LogP contribution in [0.1, 0.15) is 43.9 Å². The lowest BCUT2D eigenvalue weighted by molar-refractivity contribution is 0.378. The fourth-order valence-corrected chi connectivity index (χ4v) is 2.38. The van der Waals surface area contributed by atoms with Gasteiger partial charge in [0.05, 0.1) is 11.5 Å². The molecular formula is C15H20N2. The molecule has 1 unspecified atom stereocenters. The van der Waals surface area contributed by atoms with Crippen molar-refractivity contribution in [3.63, 3.8) is 0 Å². The van der Waals surface area contributed by atoms with Crippen molar-refractivity contribution in [3.8, 4) is 6.07 Å². The monoisotopic (exact) mass is 228 g/mol. The fraction of sp³-hybridized carbons (Fsp3) is 0.533. The summed E-state index contributed by atoms with van der Waals surface area (Å²) in [6.07, 6.45) is 3.61. The second kappa shape index (κ2) is 4.89. The summed E-state index contributed by atoms with van der Waals surface area (Å²) in [5.41, 5.74) is 2.60. The van der Waals surface area contributed by atoms with E-state index in [0.29, 0.717) is 6.04 Å². The molecule has 2 heteroatoms. The van der Waals surface area contributed by atoms with E-state index in [1.807, 2.05) is 13.8 Å². The number of nitrogens with zero attached hydrogens (tertiary/aromatic N) is 1. The SMILES string of the molecule is CC(C)(C#N)CNC1CCCc2ccccc21. The Morgan fingerprint density at radius 3 is 2.94 bits per heavy atom. The molecule has 1 aromatic rings. The number of hydrogen-bond donors (Lipinski definition) is 1. The molecule has 0 radical (unpaired) electrons. The minimum atomic E-state index is -0.285. The molecule has 0 bridgehead atoms. The normalized spacial score (nSPS) is 19.5. The predicted octanol–water partition coefficient (Wildman–Crippen LogP) is 3.20. The molecule has 1 aliphatic carbocycles. The van der Waals surface area contributed by atoms with Gasteiger partial charge in [0.2, 0.25) is 0 Å². The van der Waals surface area contributed by atoms with Crippen LogP contribution in [0.4, 0.5) is 0 Å². The molecule has 1 N–H and O–H groups in total. The van der Waals surface area contributed by atoms with Crippen LogP contribution in [0.25, 0.3) is 0 Å². The van der Waals surface area contributed by atoms with Crippen molar-refractivity contribution < 1.29 is 0 Å². The van der Waals surface area contributed by atoms with Crippen molar-refractivity contribution in [1.82, 2.24) is 5.32 Å². The Hall–Kier alpha value is -1.33. The molecule has 1 aromatic carbocycles. The van der Waals surface area contributed by atoms with E-state index in [4.69, 9.17) is 5.26 Å². The first-order valence-electron chi connectivity index (χ1n) is 6.35. The highest BCUT2D eigenvalue weighted by Gasteiger charge is 2.23. The third-order valence-electron chi connectivity index (χ3n) is 3.46. The molecule has 2 rings (SSSR count). The van der Waals surface area contributed by atoms with Gasteiger partial charge in [-0.2, -0.15) is 5.26 Å². The van der Waals surface area contributed by atoms with Gasteiger partial charge in [0.15, 0.2) is 0 Å². The van der Waals surface area contributed by atoms with E-state index in [1.54, 1.807) is 0 Å². The molecule has 0 heterocycles. The summed E-state index contributed by atoms with van der Waals surface area (Å²) >= 11 is 0. The molecule has 0 fully saturated rings. The van der Waals surface area contributed by atoms with E-state index in [9.17, 15) is 0 Å². The maximum absolute atomic E-state index is 9.03. The van der Waals surface area contributed by atoms with Crippen LogP contribution in [0, 0.1) is 16.7 Å². The van der Waals surface area contributed by atoms with Gasteiger partial charge in [-0.25, -0.2) is 0 Å². The van der Waals surface area contributed by atoms with Gasteiger partial charge < -0.3 is 5.32 Å². The predicted molar refractivity (Wildman–Crippen MR) is 69.5 cm³/mol. The number of rotatable bonds is 3. The zero-order chi connectivity index (χ0) is 12.3. The van der Waals surface area contributed by atoms with E-state index >= 15 is 0 Å². The number of aryl methyl sites for hydroxylation is 1. The fourth-order valence-electron chi connectivity index (χ4n) is 2.38. The molecule has 17 heavy (non-hydrogen) atoms. The van der Waals surface area contributed by atoms with Crippen molar-refractivity contribution in [1.29, 1.82) is 5.26 Å². The van der Waals surface area contributed by atoms with Gasteiger partial charge in [-0.15, -0.1) is 0 Å². The van der Waals surface area contributed by atoms with E-state index in [0.717, 1.165) is 6.54 Å². The molecule has 0 saturated carbocycles. The van der Waals surface area contributed by atoms with Gasteiger partial charge in [-0.05, 0) is 44.2 Å². The first kappa shape index (κ1) is 12.1. The van der Waals surface area contributed by atoms with Crippen LogP contribution in [0.15, 0.2) is 24.3 Å². The van der Waals surface area contributed by atoms with Crippen molar-refractivity contribution in [2.24, 2.45) is 5.41 Å². The van der Waals surface area contributed by atoms with Gasteiger partial charge >= 0.3 is 0 Å². The third kappa shape index (κ3) is 2.87. The molecule has 1 aliphatic rings. The molecule has 0 aromatic heterocycles. The summed E-state index contributed by atoms with van der Waals surface area (Å²) in [7, 11) is 0. The lowest BCUT2D eigenvalue weighted by Gasteiger charge is -2.28. The maximum atomic E-state index is 9.03. The smallest absolute Gasteiger partial charge is 0.0697 e. The quantitative estimate of drug-likeness (QED) is 0.862. The molecule has 2 nitrogen and oxygen atoms in total. The minimum Gasteiger partial charge on any atom is -0.308 e. The highest BCUT2D eigenvalue weighted by atomic mass is 14.9. The Balaban J connectivity index is 2.07. The zero-order valence-electron chi connectivity index (χ0n) is 10.7. The van der Waals surface area contributed by atoms with Crippen LogP contribution in [-0.2, 0) is 6.42 Å². The van der Waals surface area contributed by atoms with Crippen LogP contribution >= 0.6 is 0 Å². The largest absolute Gasteiger partial charge is 0.308 e. The van der Waals surface area contributed by atoms with Crippen molar-refractivity contribution >= 4 is 0 Å². The number of nitriles is 1. The highest BCUT2D eigenvalue weighted by molar-refractivity contribution is 5.32. The maximum Gasteiger partial charge on any atom is 0.0697 e. The van der Waals surface area contributed by atoms with Crippen LogP contribution in [0.5, 0.6) is 0 Å². The van der Waals surface area contributed by atoms with Crippen molar-refractivity contribution in [2.75, 3.05) is 6.54 Å². The van der Waals surface area contributed by atoms with E-state index in [2.05, 4.69) is 35.7 Å². The third-order valence-corrected chi connectivity index (χ3v) is 3.46. The molecule has 0 saturated heterocycles. The van der Waals surface area contributed by atoms with Crippen molar-refractivity contribution in [2.45, 2.75) is 39.2 Å². The van der Waals surface area contributed by atoms with Gasteiger partial charge in [-0.1, -0.05) is 24.3 Å². The van der Waals surface area contributed by atoms with E-state index in [1.165, 1.54) is 30.4 Å². The Morgan fingerprint density at radius 1 is 1.41 bits per heavy atom. The number of benzene rings is 1. The Bertz CT molecular complexity index is 429. The van der Waals surface area contributed by atoms with Crippen LogP contribution in [-0.4, -0.2) is 6.54 Å². The topological polar surface area (TPSA) is 35.8 Å². The standard InChI is InChI=1S/C15H20N2/c1-15(2,10-16)11-17-14-9-5-7-12-6-3-4-8-13(12)14/h3-4,6,8,14,17H,5,7,9,11H2,1-2H3. The lowest BCUT2D eigenvalue weighted by Crippen LogP contribution is -2.33. The summed E-state index contributed by atoms with van der Waals surface area (Å²) in [5.74, 6) is 0. The average molecular weight is 228 g/mol. The molecule has 1 atom stereocenters. The molecule has 90 valence electrons. The first-order valence-corrected chi connectivity index (χ1v) is 6.35. The molecule has 0 amide bonds. The van der Waals surface area contributed by atoms with Crippen LogP contribution < -0.4 is 5.32 Å². The first-order chi connectivity index (χ1) is 8.12. The number of nitrogens with one attached hydrogen (secondary N) is 1. The summed E-state index contributed by atoms with van der Waals surface area (Å²) < 4.78 is 0. The minimum absolute atomic E-state index is 0.285. The van der Waals surface area contributed by atoms with Gasteiger partial charge in [0, 0.05) is 12.6 Å². The Kier molecular flexibility index (Phi) is 3.49. The van der Waals surface area contributed by atoms with Crippen LogP contribution in [0.3, 0.4) is 0 Å².